The molecule has 0 aromatic heterocycles. The van der Waals surface area contributed by atoms with Gasteiger partial charge in [0.1, 0.15) is 5.82 Å². The predicted molar refractivity (Wildman–Crippen MR) is 99.5 cm³/mol. The third-order valence-corrected chi connectivity index (χ3v) is 6.22. The molecular weight excluding hydrogens is 355 g/mol. The van der Waals surface area contributed by atoms with Crippen LogP contribution in [-0.4, -0.2) is 49.5 Å². The summed E-state index contributed by atoms with van der Waals surface area (Å²) >= 11 is 0. The number of hydrogen-bond donors (Lipinski definition) is 2. The molecule has 2 atom stereocenters. The fourth-order valence-electron chi connectivity index (χ4n) is 3.02. The number of carboxylic acid groups (broad SMARTS) is 1. The first-order valence-electron chi connectivity index (χ1n) is 8.84. The molecule has 6 nitrogen and oxygen atoms in total. The van der Waals surface area contributed by atoms with Crippen molar-refractivity contribution in [2.75, 3.05) is 13.2 Å². The minimum atomic E-state index is -1.28. The number of rotatable bonds is 5. The zero-order valence-electron chi connectivity index (χ0n) is 15.5. The number of likely N-dealkylation sites (tertiary alicyclic amines) is 1. The lowest BCUT2D eigenvalue weighted by molar-refractivity contribution is 0.0915. The smallest absolute Gasteiger partial charge is 0.407 e. The molecule has 2 unspecified atom stereocenters. The molecule has 26 heavy (non-hydrogen) atoms. The van der Waals surface area contributed by atoms with Gasteiger partial charge in [0.15, 0.2) is 0 Å². The van der Waals surface area contributed by atoms with Gasteiger partial charge in [-0.1, -0.05) is 37.8 Å². The SMILES string of the molecule is C[Si](C)(C)CCOC(=O)NC1CCN(C(=O)O)C(c2ccccc2F)C1. The van der Waals surface area contributed by atoms with Gasteiger partial charge >= 0.3 is 12.2 Å². The number of nitrogens with zero attached hydrogens (tertiary/aromatic N) is 1. The van der Waals surface area contributed by atoms with Crippen molar-refractivity contribution in [1.82, 2.24) is 10.2 Å². The molecule has 1 aliphatic rings. The van der Waals surface area contributed by atoms with E-state index in [4.69, 9.17) is 4.74 Å². The van der Waals surface area contributed by atoms with Crippen LogP contribution >= 0.6 is 0 Å². The fraction of sp³-hybridized carbons (Fsp3) is 0.556. The highest BCUT2D eigenvalue weighted by molar-refractivity contribution is 6.76. The summed E-state index contributed by atoms with van der Waals surface area (Å²) in [6.45, 7) is 7.22. The lowest BCUT2D eigenvalue weighted by Crippen LogP contribution is -2.48. The van der Waals surface area contributed by atoms with Crippen molar-refractivity contribution in [2.45, 2.75) is 50.6 Å². The molecule has 1 heterocycles. The molecule has 1 aromatic carbocycles. The number of halogens is 1. The second-order valence-corrected chi connectivity index (χ2v) is 13.4. The Morgan fingerprint density at radius 1 is 1.35 bits per heavy atom. The summed E-state index contributed by atoms with van der Waals surface area (Å²) in [5, 5.41) is 12.2. The van der Waals surface area contributed by atoms with Gasteiger partial charge in [-0.25, -0.2) is 14.0 Å². The fourth-order valence-corrected chi connectivity index (χ4v) is 3.74. The van der Waals surface area contributed by atoms with Crippen LogP contribution in [0.3, 0.4) is 0 Å². The topological polar surface area (TPSA) is 78.9 Å². The number of alkyl carbamates (subject to hydrolysis) is 1. The number of piperidine rings is 1. The number of nitrogens with one attached hydrogen (secondary N) is 1. The van der Waals surface area contributed by atoms with Gasteiger partial charge in [0.2, 0.25) is 0 Å². The molecule has 1 aliphatic heterocycles. The summed E-state index contributed by atoms with van der Waals surface area (Å²) in [4.78, 5) is 24.7. The van der Waals surface area contributed by atoms with Gasteiger partial charge in [-0.2, -0.15) is 0 Å². The van der Waals surface area contributed by atoms with E-state index in [1.165, 1.54) is 11.0 Å². The number of ether oxygens (including phenoxy) is 1. The third-order valence-electron chi connectivity index (χ3n) is 4.52. The molecule has 1 aromatic rings. The van der Waals surface area contributed by atoms with Crippen LogP contribution in [0.1, 0.15) is 24.4 Å². The number of benzene rings is 1. The van der Waals surface area contributed by atoms with Crippen molar-refractivity contribution < 1.29 is 23.8 Å². The van der Waals surface area contributed by atoms with Crippen LogP contribution in [-0.2, 0) is 4.74 Å². The van der Waals surface area contributed by atoms with E-state index in [0.29, 0.717) is 25.0 Å². The quantitative estimate of drug-likeness (QED) is 0.752. The Bertz CT molecular complexity index is 650. The maximum atomic E-state index is 14.2. The molecule has 0 bridgehead atoms. The van der Waals surface area contributed by atoms with Gasteiger partial charge in [-0.15, -0.1) is 0 Å². The molecule has 0 saturated carbocycles. The Labute approximate surface area is 154 Å². The van der Waals surface area contributed by atoms with Gasteiger partial charge in [0.25, 0.3) is 0 Å². The second kappa shape index (κ2) is 8.53. The van der Waals surface area contributed by atoms with Crippen molar-refractivity contribution in [3.8, 4) is 0 Å². The van der Waals surface area contributed by atoms with E-state index < -0.39 is 32.1 Å². The molecule has 2 amide bonds. The largest absolute Gasteiger partial charge is 0.465 e. The van der Waals surface area contributed by atoms with E-state index in [0.717, 1.165) is 6.04 Å². The molecule has 1 fully saturated rings. The normalized spacial score (nSPS) is 20.5. The first kappa shape index (κ1) is 20.2. The molecule has 0 spiro atoms. The standard InChI is InChI=1S/C18H27FN2O4Si/c1-26(2,3)11-10-25-17(22)20-13-8-9-21(18(23)24)16(12-13)14-6-4-5-7-15(14)19/h4-7,13,16H,8-12H2,1-3H3,(H,20,22)(H,23,24). The highest BCUT2D eigenvalue weighted by Gasteiger charge is 2.34. The van der Waals surface area contributed by atoms with Gasteiger partial charge in [-0.05, 0) is 25.0 Å². The summed E-state index contributed by atoms with van der Waals surface area (Å²) in [6.07, 6.45) is -0.796. The minimum Gasteiger partial charge on any atom is -0.465 e. The average Bonchev–Trinajstić information content (AvgIpc) is 2.53. The number of carbonyl (C=O) groups is 2. The summed E-state index contributed by atoms with van der Waals surface area (Å²) < 4.78 is 19.4. The zero-order chi connectivity index (χ0) is 19.3. The average molecular weight is 383 g/mol. The first-order valence-corrected chi connectivity index (χ1v) is 12.6. The van der Waals surface area contributed by atoms with E-state index in [9.17, 15) is 19.1 Å². The molecule has 8 heteroatoms. The Kier molecular flexibility index (Phi) is 6.63. The second-order valence-electron chi connectivity index (χ2n) is 7.83. The third kappa shape index (κ3) is 5.72. The number of amides is 2. The summed E-state index contributed by atoms with van der Waals surface area (Å²) in [7, 11) is -1.28. The summed E-state index contributed by atoms with van der Waals surface area (Å²) in [5.74, 6) is -0.442. The van der Waals surface area contributed by atoms with Crippen molar-refractivity contribution in [3.63, 3.8) is 0 Å². The lowest BCUT2D eigenvalue weighted by Gasteiger charge is -2.38. The molecular formula is C18H27FN2O4Si. The van der Waals surface area contributed by atoms with Crippen LogP contribution < -0.4 is 5.32 Å². The molecule has 2 N–H and O–H groups in total. The van der Waals surface area contributed by atoms with Gasteiger partial charge in [0, 0.05) is 26.2 Å². The van der Waals surface area contributed by atoms with E-state index in [1.54, 1.807) is 18.2 Å². The molecule has 2 rings (SSSR count). The Morgan fingerprint density at radius 3 is 2.65 bits per heavy atom. The zero-order valence-corrected chi connectivity index (χ0v) is 16.5. The minimum absolute atomic E-state index is 0.230. The van der Waals surface area contributed by atoms with Crippen LogP contribution in [0.15, 0.2) is 24.3 Å². The molecule has 1 saturated heterocycles. The number of carbonyl (C=O) groups excluding carboxylic acids is 1. The van der Waals surface area contributed by atoms with Gasteiger partial charge in [0.05, 0.1) is 12.6 Å². The van der Waals surface area contributed by atoms with Crippen molar-refractivity contribution >= 4 is 20.3 Å². The molecule has 0 radical (unpaired) electrons. The lowest BCUT2D eigenvalue weighted by atomic mass is 9.92. The Balaban J connectivity index is 1.99. The van der Waals surface area contributed by atoms with Gasteiger partial charge in [-0.3, -0.25) is 0 Å². The van der Waals surface area contributed by atoms with Crippen LogP contribution in [0.2, 0.25) is 25.7 Å². The maximum absolute atomic E-state index is 14.2. The summed E-state index contributed by atoms with van der Waals surface area (Å²) in [5.41, 5.74) is 0.327. The molecule has 144 valence electrons. The number of hydrogen-bond acceptors (Lipinski definition) is 3. The predicted octanol–water partition coefficient (Wildman–Crippen LogP) is 4.07. The summed E-state index contributed by atoms with van der Waals surface area (Å²) in [6, 6.07) is 6.15. The first-order chi connectivity index (χ1) is 12.2. The molecule has 0 aliphatic carbocycles. The monoisotopic (exact) mass is 382 g/mol. The van der Waals surface area contributed by atoms with E-state index in [2.05, 4.69) is 25.0 Å². The maximum Gasteiger partial charge on any atom is 0.407 e. The highest BCUT2D eigenvalue weighted by atomic mass is 28.3. The van der Waals surface area contributed by atoms with E-state index in [-0.39, 0.29) is 12.6 Å². The Hall–Kier alpha value is -2.09. The van der Waals surface area contributed by atoms with Crippen molar-refractivity contribution in [3.05, 3.63) is 35.6 Å². The van der Waals surface area contributed by atoms with Crippen LogP contribution in [0.4, 0.5) is 14.0 Å². The van der Waals surface area contributed by atoms with Gasteiger partial charge < -0.3 is 20.1 Å². The Morgan fingerprint density at radius 2 is 2.04 bits per heavy atom. The van der Waals surface area contributed by atoms with Crippen molar-refractivity contribution in [1.29, 1.82) is 0 Å². The van der Waals surface area contributed by atoms with E-state index in [1.807, 2.05) is 0 Å². The highest BCUT2D eigenvalue weighted by Crippen LogP contribution is 2.32. The van der Waals surface area contributed by atoms with Crippen LogP contribution in [0.5, 0.6) is 0 Å². The van der Waals surface area contributed by atoms with Crippen molar-refractivity contribution in [2.24, 2.45) is 0 Å². The van der Waals surface area contributed by atoms with E-state index >= 15 is 0 Å². The van der Waals surface area contributed by atoms with Crippen LogP contribution in [0, 0.1) is 5.82 Å². The van der Waals surface area contributed by atoms with Crippen LogP contribution in [0.25, 0.3) is 0 Å².